The molecule has 0 bridgehead atoms. The number of nitrogens with zero attached hydrogens (tertiary/aromatic N) is 5. The first-order chi connectivity index (χ1) is 10.2. The Labute approximate surface area is 121 Å². The number of fused-ring (bicyclic) bond motifs is 1. The van der Waals surface area contributed by atoms with Crippen molar-refractivity contribution in [3.8, 4) is 11.6 Å². The molecule has 6 heteroatoms. The normalized spacial score (nSPS) is 14.6. The van der Waals surface area contributed by atoms with Crippen LogP contribution in [0.15, 0.2) is 28.7 Å². The van der Waals surface area contributed by atoms with E-state index >= 15 is 0 Å². The summed E-state index contributed by atoms with van der Waals surface area (Å²) in [5, 5.41) is 18.9. The summed E-state index contributed by atoms with van der Waals surface area (Å²) in [6, 6.07) is 8.00. The predicted octanol–water partition coefficient (Wildman–Crippen LogP) is 2.62. The Balaban J connectivity index is 1.90. The summed E-state index contributed by atoms with van der Waals surface area (Å²) in [7, 11) is 3.90. The lowest BCUT2D eigenvalue weighted by molar-refractivity contribution is 0.507. The highest BCUT2D eigenvalue weighted by Gasteiger charge is 2.30. The molecule has 1 aromatic carbocycles. The first-order valence-corrected chi connectivity index (χ1v) is 7.00. The van der Waals surface area contributed by atoms with Gasteiger partial charge in [-0.1, -0.05) is 24.3 Å². The quantitative estimate of drug-likeness (QED) is 0.735. The van der Waals surface area contributed by atoms with Gasteiger partial charge < -0.3 is 9.32 Å². The fourth-order valence-corrected chi connectivity index (χ4v) is 2.40. The molecule has 1 fully saturated rings. The van der Waals surface area contributed by atoms with Gasteiger partial charge in [-0.3, -0.25) is 0 Å². The van der Waals surface area contributed by atoms with Crippen LogP contribution in [-0.2, 0) is 0 Å². The average molecular weight is 281 g/mol. The largest absolute Gasteiger partial charge is 0.419 e. The Morgan fingerprint density at radius 2 is 1.76 bits per heavy atom. The smallest absolute Gasteiger partial charge is 0.268 e. The molecule has 0 unspecified atom stereocenters. The molecule has 21 heavy (non-hydrogen) atoms. The van der Waals surface area contributed by atoms with Crippen LogP contribution < -0.4 is 4.90 Å². The van der Waals surface area contributed by atoms with Gasteiger partial charge in [0.25, 0.3) is 5.89 Å². The van der Waals surface area contributed by atoms with Gasteiger partial charge in [-0.15, -0.1) is 20.4 Å². The van der Waals surface area contributed by atoms with Crippen LogP contribution in [-0.4, -0.2) is 34.5 Å². The number of hydrogen-bond donors (Lipinski definition) is 0. The molecule has 0 aliphatic heterocycles. The Morgan fingerprint density at radius 3 is 2.48 bits per heavy atom. The minimum Gasteiger partial charge on any atom is -0.419 e. The highest BCUT2D eigenvalue weighted by molar-refractivity contribution is 5.98. The van der Waals surface area contributed by atoms with Gasteiger partial charge in [0.15, 0.2) is 11.5 Å². The van der Waals surface area contributed by atoms with E-state index in [-0.39, 0.29) is 0 Å². The van der Waals surface area contributed by atoms with Crippen LogP contribution in [0, 0.1) is 0 Å². The van der Waals surface area contributed by atoms with Crippen molar-refractivity contribution >= 4 is 16.6 Å². The van der Waals surface area contributed by atoms with Gasteiger partial charge >= 0.3 is 0 Å². The zero-order valence-electron chi connectivity index (χ0n) is 11.9. The van der Waals surface area contributed by atoms with E-state index in [9.17, 15) is 0 Å². The maximum atomic E-state index is 5.76. The van der Waals surface area contributed by atoms with Crippen LogP contribution in [0.1, 0.15) is 24.7 Å². The van der Waals surface area contributed by atoms with E-state index in [2.05, 4.69) is 20.4 Å². The summed E-state index contributed by atoms with van der Waals surface area (Å²) in [6.07, 6.45) is 2.27. The molecular weight excluding hydrogens is 266 g/mol. The third-order valence-corrected chi connectivity index (χ3v) is 3.66. The average Bonchev–Trinajstić information content (AvgIpc) is 3.24. The van der Waals surface area contributed by atoms with Crippen LogP contribution in [0.2, 0.25) is 0 Å². The maximum Gasteiger partial charge on any atom is 0.268 e. The molecule has 0 N–H and O–H groups in total. The standard InChI is InChI=1S/C15H15N5O/c1-20(2)13-11-6-4-3-5-10(11)12(16-17-13)15-19-18-14(21-15)9-7-8-9/h3-6,9H,7-8H2,1-2H3. The lowest BCUT2D eigenvalue weighted by Crippen LogP contribution is -2.12. The van der Waals surface area contributed by atoms with Crippen molar-refractivity contribution in [2.24, 2.45) is 0 Å². The second-order valence-electron chi connectivity index (χ2n) is 5.53. The van der Waals surface area contributed by atoms with E-state index < -0.39 is 0 Å². The monoisotopic (exact) mass is 281 g/mol. The van der Waals surface area contributed by atoms with Crippen LogP contribution in [0.5, 0.6) is 0 Å². The molecule has 0 saturated heterocycles. The molecule has 6 nitrogen and oxygen atoms in total. The summed E-state index contributed by atoms with van der Waals surface area (Å²) in [6.45, 7) is 0. The maximum absolute atomic E-state index is 5.76. The third kappa shape index (κ3) is 2.03. The SMILES string of the molecule is CN(C)c1nnc(-c2nnc(C3CC3)o2)c2ccccc12. The first-order valence-electron chi connectivity index (χ1n) is 7.00. The summed E-state index contributed by atoms with van der Waals surface area (Å²) in [5.74, 6) is 2.43. The Kier molecular flexibility index (Phi) is 2.63. The van der Waals surface area contributed by atoms with E-state index in [1.54, 1.807) is 0 Å². The Hall–Kier alpha value is -2.50. The van der Waals surface area contributed by atoms with Crippen LogP contribution in [0.3, 0.4) is 0 Å². The van der Waals surface area contributed by atoms with Crippen molar-refractivity contribution in [1.29, 1.82) is 0 Å². The highest BCUT2D eigenvalue weighted by Crippen LogP contribution is 2.40. The summed E-state index contributed by atoms with van der Waals surface area (Å²) < 4.78 is 5.76. The fourth-order valence-electron chi connectivity index (χ4n) is 2.40. The highest BCUT2D eigenvalue weighted by atomic mass is 16.4. The van der Waals surface area contributed by atoms with Crippen molar-refractivity contribution in [2.75, 3.05) is 19.0 Å². The number of rotatable bonds is 3. The van der Waals surface area contributed by atoms with Gasteiger partial charge in [0.05, 0.1) is 0 Å². The van der Waals surface area contributed by atoms with Gasteiger partial charge in [0.2, 0.25) is 5.89 Å². The Bertz CT molecular complexity index is 807. The second kappa shape index (κ2) is 4.51. The van der Waals surface area contributed by atoms with E-state index in [0.29, 0.717) is 23.4 Å². The molecule has 0 radical (unpaired) electrons. The van der Waals surface area contributed by atoms with Crippen LogP contribution >= 0.6 is 0 Å². The van der Waals surface area contributed by atoms with Crippen molar-refractivity contribution in [2.45, 2.75) is 18.8 Å². The minimum atomic E-state index is 0.437. The molecule has 2 heterocycles. The zero-order valence-corrected chi connectivity index (χ0v) is 11.9. The van der Waals surface area contributed by atoms with Gasteiger partial charge in [-0.2, -0.15) is 0 Å². The molecule has 1 aliphatic rings. The molecule has 4 rings (SSSR count). The van der Waals surface area contributed by atoms with Gasteiger partial charge in [-0.25, -0.2) is 0 Å². The number of benzene rings is 1. The van der Waals surface area contributed by atoms with E-state index in [1.165, 1.54) is 0 Å². The predicted molar refractivity (Wildman–Crippen MR) is 79.1 cm³/mol. The molecule has 1 saturated carbocycles. The number of anilines is 1. The lowest BCUT2D eigenvalue weighted by Gasteiger charge is -2.13. The minimum absolute atomic E-state index is 0.437. The molecule has 106 valence electrons. The molecule has 0 amide bonds. The van der Waals surface area contributed by atoms with Crippen molar-refractivity contribution in [3.05, 3.63) is 30.2 Å². The van der Waals surface area contributed by atoms with Crippen molar-refractivity contribution in [1.82, 2.24) is 20.4 Å². The molecule has 0 atom stereocenters. The van der Waals surface area contributed by atoms with E-state index in [4.69, 9.17) is 4.42 Å². The topological polar surface area (TPSA) is 67.9 Å². The van der Waals surface area contributed by atoms with E-state index in [0.717, 1.165) is 29.4 Å². The Morgan fingerprint density at radius 1 is 1.00 bits per heavy atom. The molecular formula is C15H15N5O. The van der Waals surface area contributed by atoms with Crippen molar-refractivity contribution < 1.29 is 4.42 Å². The van der Waals surface area contributed by atoms with E-state index in [1.807, 2.05) is 43.3 Å². The number of hydrogen-bond acceptors (Lipinski definition) is 6. The first kappa shape index (κ1) is 12.3. The summed E-state index contributed by atoms with van der Waals surface area (Å²) in [4.78, 5) is 1.95. The summed E-state index contributed by atoms with van der Waals surface area (Å²) in [5.41, 5.74) is 0.649. The fraction of sp³-hybridized carbons (Fsp3) is 0.333. The van der Waals surface area contributed by atoms with Gasteiger partial charge in [0.1, 0.15) is 0 Å². The molecule has 0 spiro atoms. The van der Waals surface area contributed by atoms with Crippen molar-refractivity contribution in [3.63, 3.8) is 0 Å². The van der Waals surface area contributed by atoms with Gasteiger partial charge in [-0.05, 0) is 12.8 Å². The molecule has 1 aliphatic carbocycles. The molecule has 3 aromatic rings. The zero-order chi connectivity index (χ0) is 14.4. The number of aromatic nitrogens is 4. The summed E-state index contributed by atoms with van der Waals surface area (Å²) >= 11 is 0. The second-order valence-corrected chi connectivity index (χ2v) is 5.53. The van der Waals surface area contributed by atoms with Gasteiger partial charge in [0, 0.05) is 30.8 Å². The molecule has 2 aromatic heterocycles. The van der Waals surface area contributed by atoms with Crippen LogP contribution in [0.25, 0.3) is 22.4 Å². The lowest BCUT2D eigenvalue weighted by atomic mass is 10.1. The van der Waals surface area contributed by atoms with Crippen LogP contribution in [0.4, 0.5) is 5.82 Å². The third-order valence-electron chi connectivity index (χ3n) is 3.66.